The Bertz CT molecular complexity index is 1120. The molecule has 2 aliphatic rings. The quantitative estimate of drug-likeness (QED) is 0.576. The number of aryl methyl sites for hydroxylation is 2. The number of nitrogens with two attached hydrogens (primary N) is 1. The van der Waals surface area contributed by atoms with Gasteiger partial charge in [0.2, 0.25) is 15.9 Å². The molecule has 1 fully saturated rings. The van der Waals surface area contributed by atoms with Crippen molar-refractivity contribution in [2.45, 2.75) is 63.1 Å². The number of anilines is 1. The van der Waals surface area contributed by atoms with Crippen LogP contribution in [0, 0.1) is 12.8 Å². The number of carbonyl (C=O) groups excluding carboxylic acids is 1. The number of aromatic nitrogens is 3. The number of carbonyl (C=O) groups is 1. The first-order valence-electron chi connectivity index (χ1n) is 10.9. The summed E-state index contributed by atoms with van der Waals surface area (Å²) < 4.78 is 30.3. The molecule has 32 heavy (non-hydrogen) atoms. The number of aliphatic hydroxyl groups is 1. The number of nitrogens with one attached hydrogen (secondary N) is 1. The first kappa shape index (κ1) is 22.7. The summed E-state index contributed by atoms with van der Waals surface area (Å²) in [4.78, 5) is 16.1. The van der Waals surface area contributed by atoms with Gasteiger partial charge in [-0.15, -0.1) is 0 Å². The van der Waals surface area contributed by atoms with Crippen LogP contribution in [-0.2, 0) is 41.4 Å². The van der Waals surface area contributed by atoms with Crippen LogP contribution in [0.3, 0.4) is 0 Å². The second-order valence-corrected chi connectivity index (χ2v) is 10.5. The summed E-state index contributed by atoms with van der Waals surface area (Å²) in [5.74, 6) is -0.0456. The maximum atomic E-state index is 13.6. The van der Waals surface area contributed by atoms with Crippen LogP contribution in [0.5, 0.6) is 0 Å². The summed E-state index contributed by atoms with van der Waals surface area (Å²) in [6.45, 7) is 2.16. The molecule has 1 aliphatic heterocycles. The van der Waals surface area contributed by atoms with Crippen LogP contribution in [0.1, 0.15) is 48.3 Å². The number of pyridine rings is 1. The molecule has 1 aliphatic carbocycles. The van der Waals surface area contributed by atoms with Gasteiger partial charge in [0.25, 0.3) is 0 Å². The van der Waals surface area contributed by atoms with Gasteiger partial charge in [0, 0.05) is 36.8 Å². The Morgan fingerprint density at radius 3 is 2.66 bits per heavy atom. The fourth-order valence-electron chi connectivity index (χ4n) is 4.68. The first-order valence-corrected chi connectivity index (χ1v) is 12.3. The van der Waals surface area contributed by atoms with Gasteiger partial charge in [-0.1, -0.05) is 0 Å². The maximum Gasteiger partial charge on any atom is 0.247 e. The number of amides is 1. The summed E-state index contributed by atoms with van der Waals surface area (Å²) >= 11 is 0. The van der Waals surface area contributed by atoms with Crippen LogP contribution < -0.4 is 11.1 Å². The number of rotatable bonds is 6. The van der Waals surface area contributed by atoms with E-state index >= 15 is 0 Å². The van der Waals surface area contributed by atoms with Crippen molar-refractivity contribution >= 4 is 21.7 Å². The maximum absolute atomic E-state index is 13.6. The van der Waals surface area contributed by atoms with Gasteiger partial charge in [-0.05, 0) is 51.2 Å². The molecule has 2 aromatic rings. The van der Waals surface area contributed by atoms with Crippen LogP contribution >= 0.6 is 0 Å². The molecule has 0 radical (unpaired) electrons. The predicted octanol–water partition coefficient (Wildman–Crippen LogP) is 0.819. The molecule has 0 saturated heterocycles. The second-order valence-electron chi connectivity index (χ2n) is 8.64. The number of fused-ring (bicyclic) bond motifs is 1. The van der Waals surface area contributed by atoms with Crippen molar-refractivity contribution in [2.24, 2.45) is 18.7 Å². The average Bonchev–Trinajstić information content (AvgIpc) is 3.09. The molecule has 11 heteroatoms. The molecule has 0 unspecified atom stereocenters. The highest BCUT2D eigenvalue weighted by Crippen LogP contribution is 2.32. The Labute approximate surface area is 187 Å². The summed E-state index contributed by atoms with van der Waals surface area (Å²) in [5, 5.41) is 17.2. The Hall–Kier alpha value is -2.50. The van der Waals surface area contributed by atoms with Crippen LogP contribution in [0.4, 0.5) is 5.82 Å². The van der Waals surface area contributed by atoms with Gasteiger partial charge < -0.3 is 16.2 Å². The third-order valence-corrected chi connectivity index (χ3v) is 8.41. The minimum Gasteiger partial charge on any atom is -0.390 e. The molecule has 0 aromatic carbocycles. The minimum absolute atomic E-state index is 0.0333. The van der Waals surface area contributed by atoms with Gasteiger partial charge >= 0.3 is 0 Å². The molecule has 0 bridgehead atoms. The van der Waals surface area contributed by atoms with E-state index in [-0.39, 0.29) is 35.9 Å². The predicted molar refractivity (Wildman–Crippen MR) is 118 cm³/mol. The van der Waals surface area contributed by atoms with Gasteiger partial charge in [-0.3, -0.25) is 9.48 Å². The highest BCUT2D eigenvalue weighted by atomic mass is 32.2. The molecule has 3 heterocycles. The molecular formula is C21H30N6O4S. The van der Waals surface area contributed by atoms with E-state index in [0.717, 1.165) is 29.8 Å². The lowest BCUT2D eigenvalue weighted by atomic mass is 9.85. The normalized spacial score (nSPS) is 21.8. The van der Waals surface area contributed by atoms with Crippen molar-refractivity contribution in [3.05, 3.63) is 34.8 Å². The fourth-order valence-corrected chi connectivity index (χ4v) is 6.17. The Morgan fingerprint density at radius 1 is 1.28 bits per heavy atom. The smallest absolute Gasteiger partial charge is 0.247 e. The third-order valence-electron chi connectivity index (χ3n) is 6.53. The molecule has 1 saturated carbocycles. The number of nitrogens with zero attached hydrogens (tertiary/aromatic N) is 4. The van der Waals surface area contributed by atoms with Gasteiger partial charge in [0.05, 0.1) is 24.5 Å². The van der Waals surface area contributed by atoms with Crippen molar-refractivity contribution in [3.63, 3.8) is 0 Å². The van der Waals surface area contributed by atoms with E-state index < -0.39 is 10.0 Å². The molecule has 4 N–H and O–H groups in total. The van der Waals surface area contributed by atoms with E-state index in [2.05, 4.69) is 15.4 Å². The van der Waals surface area contributed by atoms with Gasteiger partial charge in [0.1, 0.15) is 10.7 Å². The third kappa shape index (κ3) is 4.24. The Balaban J connectivity index is 1.58. The van der Waals surface area contributed by atoms with Crippen molar-refractivity contribution in [2.75, 3.05) is 11.9 Å². The van der Waals surface area contributed by atoms with Crippen LogP contribution in [-0.4, -0.2) is 51.1 Å². The van der Waals surface area contributed by atoms with Crippen molar-refractivity contribution in [3.8, 4) is 0 Å². The van der Waals surface area contributed by atoms with Crippen molar-refractivity contribution in [1.82, 2.24) is 19.1 Å². The summed E-state index contributed by atoms with van der Waals surface area (Å²) in [6.07, 6.45) is 3.33. The van der Waals surface area contributed by atoms with E-state index in [4.69, 9.17) is 5.73 Å². The molecule has 174 valence electrons. The zero-order valence-corrected chi connectivity index (χ0v) is 19.2. The fraction of sp³-hybridized carbons (Fsp3) is 0.571. The van der Waals surface area contributed by atoms with Crippen molar-refractivity contribution in [1.29, 1.82) is 0 Å². The van der Waals surface area contributed by atoms with Gasteiger partial charge in [-0.2, -0.15) is 9.40 Å². The minimum atomic E-state index is -3.81. The van der Waals surface area contributed by atoms with E-state index in [0.29, 0.717) is 37.3 Å². The van der Waals surface area contributed by atoms with E-state index in [1.165, 1.54) is 4.31 Å². The lowest BCUT2D eigenvalue weighted by Crippen LogP contribution is -2.37. The van der Waals surface area contributed by atoms with E-state index in [1.807, 2.05) is 6.92 Å². The van der Waals surface area contributed by atoms with Crippen LogP contribution in [0.25, 0.3) is 0 Å². The van der Waals surface area contributed by atoms with Crippen LogP contribution in [0.15, 0.2) is 17.0 Å². The van der Waals surface area contributed by atoms with E-state index in [1.54, 1.807) is 23.9 Å². The molecular weight excluding hydrogens is 432 g/mol. The summed E-state index contributed by atoms with van der Waals surface area (Å²) in [6, 6.07) is 3.34. The average molecular weight is 463 g/mol. The Kier molecular flexibility index (Phi) is 6.24. The SMILES string of the molecule is Cc1ccc(S(=O)(=O)N2CCc3c(CO)nn(C)c3C2)c(NC2CCC(C(N)=O)CC2)n1. The molecule has 10 nitrogen and oxygen atoms in total. The van der Waals surface area contributed by atoms with Gasteiger partial charge in [-0.25, -0.2) is 13.4 Å². The lowest BCUT2D eigenvalue weighted by Gasteiger charge is -2.30. The zero-order chi connectivity index (χ0) is 23.0. The molecule has 1 amide bonds. The zero-order valence-electron chi connectivity index (χ0n) is 18.4. The Morgan fingerprint density at radius 2 is 2.00 bits per heavy atom. The number of primary amides is 1. The number of aliphatic hydroxyl groups excluding tert-OH is 1. The highest BCUT2D eigenvalue weighted by molar-refractivity contribution is 7.89. The molecule has 4 rings (SSSR count). The number of hydrogen-bond donors (Lipinski definition) is 3. The first-order chi connectivity index (χ1) is 15.2. The standard InChI is InChI=1S/C21H30N6O4S/c1-13-3-8-19(21(23-13)24-15-6-4-14(5-7-15)20(22)29)32(30,31)27-10-9-16-17(12-28)25-26(2)18(16)11-27/h3,8,14-15,28H,4-7,9-12H2,1-2H3,(H2,22,29)(H,23,24). The number of hydrogen-bond acceptors (Lipinski definition) is 7. The molecule has 0 atom stereocenters. The van der Waals surface area contributed by atoms with Crippen LogP contribution in [0.2, 0.25) is 0 Å². The van der Waals surface area contributed by atoms with Gasteiger partial charge in [0.15, 0.2) is 0 Å². The largest absolute Gasteiger partial charge is 0.390 e. The molecule has 2 aromatic heterocycles. The summed E-state index contributed by atoms with van der Waals surface area (Å²) in [5.41, 5.74) is 8.47. The second kappa shape index (κ2) is 8.80. The lowest BCUT2D eigenvalue weighted by molar-refractivity contribution is -0.122. The topological polar surface area (TPSA) is 143 Å². The van der Waals surface area contributed by atoms with E-state index in [9.17, 15) is 18.3 Å². The van der Waals surface area contributed by atoms with Crippen molar-refractivity contribution < 1.29 is 18.3 Å². The number of sulfonamides is 1. The highest BCUT2D eigenvalue weighted by Gasteiger charge is 2.34. The summed E-state index contributed by atoms with van der Waals surface area (Å²) in [7, 11) is -2.05. The molecule has 0 spiro atoms. The monoisotopic (exact) mass is 462 g/mol.